The van der Waals surface area contributed by atoms with Gasteiger partial charge >= 0.3 is 12.0 Å². The van der Waals surface area contributed by atoms with Crippen LogP contribution in [0.3, 0.4) is 0 Å². The van der Waals surface area contributed by atoms with Crippen LogP contribution in [0.4, 0.5) is 10.5 Å². The fourth-order valence-corrected chi connectivity index (χ4v) is 1.75. The zero-order valence-electron chi connectivity index (χ0n) is 12.1. The summed E-state index contributed by atoms with van der Waals surface area (Å²) in [7, 11) is 1.42. The van der Waals surface area contributed by atoms with Crippen LogP contribution in [0, 0.1) is 11.3 Å². The molecule has 0 fully saturated rings. The number of benzene rings is 1. The smallest absolute Gasteiger partial charge is 0.319 e. The molecule has 3 N–H and O–H groups in total. The largest absolute Gasteiger partial charge is 0.495 e. The Hall–Kier alpha value is -2.75. The minimum absolute atomic E-state index is 0.203. The third-order valence-corrected chi connectivity index (χ3v) is 2.62. The second kappa shape index (κ2) is 6.61. The van der Waals surface area contributed by atoms with Crippen molar-refractivity contribution in [3.8, 4) is 11.8 Å². The van der Waals surface area contributed by atoms with Gasteiger partial charge in [-0.2, -0.15) is 5.26 Å². The van der Waals surface area contributed by atoms with E-state index in [1.165, 1.54) is 13.2 Å². The Labute approximate surface area is 122 Å². The molecule has 0 aliphatic rings. The third kappa shape index (κ3) is 5.03. The van der Waals surface area contributed by atoms with Gasteiger partial charge in [-0.15, -0.1) is 0 Å². The minimum atomic E-state index is -1.00. The van der Waals surface area contributed by atoms with Gasteiger partial charge in [0.1, 0.15) is 5.75 Å². The van der Waals surface area contributed by atoms with Gasteiger partial charge in [-0.05, 0) is 26.0 Å². The van der Waals surface area contributed by atoms with Crippen LogP contribution in [0.2, 0.25) is 0 Å². The molecule has 112 valence electrons. The van der Waals surface area contributed by atoms with Gasteiger partial charge in [-0.3, -0.25) is 4.79 Å². The number of urea groups is 1. The lowest BCUT2D eigenvalue weighted by Crippen LogP contribution is -2.46. The fraction of sp³-hybridized carbons (Fsp3) is 0.357. The average Bonchev–Trinajstić information content (AvgIpc) is 2.36. The van der Waals surface area contributed by atoms with Crippen LogP contribution < -0.4 is 15.4 Å². The SMILES string of the molecule is COc1cc(C#N)ccc1NC(=O)NC(C)(C)CC(=O)O. The van der Waals surface area contributed by atoms with Gasteiger partial charge in [0, 0.05) is 11.6 Å². The highest BCUT2D eigenvalue weighted by atomic mass is 16.5. The summed E-state index contributed by atoms with van der Waals surface area (Å²) in [5.41, 5.74) is -0.0976. The maximum atomic E-state index is 11.9. The maximum Gasteiger partial charge on any atom is 0.319 e. The molecular formula is C14H17N3O4. The Morgan fingerprint density at radius 3 is 2.62 bits per heavy atom. The highest BCUT2D eigenvalue weighted by molar-refractivity contribution is 5.91. The summed E-state index contributed by atoms with van der Waals surface area (Å²) in [5, 5.41) is 22.7. The number of hydrogen-bond donors (Lipinski definition) is 3. The second-order valence-corrected chi connectivity index (χ2v) is 5.06. The Morgan fingerprint density at radius 2 is 2.10 bits per heavy atom. The average molecular weight is 291 g/mol. The van der Waals surface area contributed by atoms with E-state index in [4.69, 9.17) is 15.1 Å². The number of anilines is 1. The molecule has 21 heavy (non-hydrogen) atoms. The molecular weight excluding hydrogens is 274 g/mol. The lowest BCUT2D eigenvalue weighted by Gasteiger charge is -2.24. The summed E-state index contributed by atoms with van der Waals surface area (Å²) in [6.07, 6.45) is -0.203. The minimum Gasteiger partial charge on any atom is -0.495 e. The lowest BCUT2D eigenvalue weighted by atomic mass is 10.0. The number of hydrogen-bond acceptors (Lipinski definition) is 4. The van der Waals surface area contributed by atoms with E-state index in [-0.39, 0.29) is 6.42 Å². The highest BCUT2D eigenvalue weighted by Gasteiger charge is 2.24. The van der Waals surface area contributed by atoms with Crippen molar-refractivity contribution in [3.63, 3.8) is 0 Å². The number of ether oxygens (including phenoxy) is 1. The molecule has 1 rings (SSSR count). The summed E-state index contributed by atoms with van der Waals surface area (Å²) >= 11 is 0. The predicted molar refractivity (Wildman–Crippen MR) is 76.2 cm³/mol. The number of carboxylic acid groups (broad SMARTS) is 1. The van der Waals surface area contributed by atoms with Gasteiger partial charge in [0.2, 0.25) is 0 Å². The van der Waals surface area contributed by atoms with Crippen LogP contribution in [0.15, 0.2) is 18.2 Å². The van der Waals surface area contributed by atoms with Gasteiger partial charge in [0.05, 0.1) is 30.9 Å². The van der Waals surface area contributed by atoms with Gasteiger partial charge in [-0.25, -0.2) is 4.79 Å². The molecule has 7 nitrogen and oxygen atoms in total. The Bertz CT molecular complexity index is 590. The van der Waals surface area contributed by atoms with E-state index in [9.17, 15) is 9.59 Å². The molecule has 1 aromatic carbocycles. The van der Waals surface area contributed by atoms with Gasteiger partial charge < -0.3 is 20.5 Å². The molecule has 0 unspecified atom stereocenters. The van der Waals surface area contributed by atoms with E-state index in [1.54, 1.807) is 26.0 Å². The second-order valence-electron chi connectivity index (χ2n) is 5.06. The topological polar surface area (TPSA) is 111 Å². The summed E-state index contributed by atoms with van der Waals surface area (Å²) in [5.74, 6) is -0.656. The van der Waals surface area contributed by atoms with Crippen LogP contribution in [0.25, 0.3) is 0 Å². The summed E-state index contributed by atoms with van der Waals surface area (Å²) < 4.78 is 5.10. The van der Waals surface area contributed by atoms with Crippen molar-refractivity contribution < 1.29 is 19.4 Å². The standard InChI is InChI=1S/C14H17N3O4/c1-14(2,7-12(18)19)17-13(20)16-10-5-4-9(8-15)6-11(10)21-3/h4-6H,7H2,1-3H3,(H,18,19)(H2,16,17,20). The zero-order chi connectivity index (χ0) is 16.0. The van der Waals surface area contributed by atoms with Gasteiger partial charge in [0.15, 0.2) is 0 Å². The van der Waals surface area contributed by atoms with Gasteiger partial charge in [0.25, 0.3) is 0 Å². The fourth-order valence-electron chi connectivity index (χ4n) is 1.75. The molecule has 0 saturated carbocycles. The van der Waals surface area contributed by atoms with Crippen LogP contribution >= 0.6 is 0 Å². The first-order valence-corrected chi connectivity index (χ1v) is 6.16. The number of nitrogens with one attached hydrogen (secondary N) is 2. The Morgan fingerprint density at radius 1 is 1.43 bits per heavy atom. The molecule has 0 atom stereocenters. The van der Waals surface area contributed by atoms with E-state index in [0.29, 0.717) is 17.0 Å². The van der Waals surface area contributed by atoms with Crippen molar-refractivity contribution in [1.82, 2.24) is 5.32 Å². The molecule has 0 aliphatic carbocycles. The third-order valence-electron chi connectivity index (χ3n) is 2.62. The number of methoxy groups -OCH3 is 1. The van der Waals surface area contributed by atoms with Crippen molar-refractivity contribution in [2.75, 3.05) is 12.4 Å². The monoisotopic (exact) mass is 291 g/mol. The highest BCUT2D eigenvalue weighted by Crippen LogP contribution is 2.25. The molecule has 0 aromatic heterocycles. The van der Waals surface area contributed by atoms with E-state index < -0.39 is 17.5 Å². The number of nitriles is 1. The first kappa shape index (κ1) is 16.3. The number of nitrogens with zero attached hydrogens (tertiary/aromatic N) is 1. The number of carbonyl (C=O) groups excluding carboxylic acids is 1. The Balaban J connectivity index is 2.80. The number of amides is 2. The van der Waals surface area contributed by atoms with Crippen molar-refractivity contribution in [1.29, 1.82) is 5.26 Å². The van der Waals surface area contributed by atoms with Crippen molar-refractivity contribution in [2.24, 2.45) is 0 Å². The number of carboxylic acids is 1. The van der Waals surface area contributed by atoms with Crippen molar-refractivity contribution >= 4 is 17.7 Å². The first-order valence-electron chi connectivity index (χ1n) is 6.16. The predicted octanol–water partition coefficient (Wildman–Crippen LogP) is 1.94. The van der Waals surface area contributed by atoms with Crippen LogP contribution in [-0.2, 0) is 4.79 Å². The first-order chi connectivity index (χ1) is 9.77. The lowest BCUT2D eigenvalue weighted by molar-refractivity contribution is -0.138. The van der Waals surface area contributed by atoms with Crippen LogP contribution in [0.5, 0.6) is 5.75 Å². The molecule has 0 spiro atoms. The van der Waals surface area contributed by atoms with Crippen molar-refractivity contribution in [2.45, 2.75) is 25.8 Å². The maximum absolute atomic E-state index is 11.9. The summed E-state index contributed by atoms with van der Waals surface area (Å²) in [6.45, 7) is 3.22. The van der Waals surface area contributed by atoms with E-state index in [1.807, 2.05) is 6.07 Å². The quantitative estimate of drug-likeness (QED) is 0.767. The zero-order valence-corrected chi connectivity index (χ0v) is 12.1. The summed E-state index contributed by atoms with van der Waals surface area (Å²) in [6, 6.07) is 6.00. The molecule has 0 saturated heterocycles. The molecule has 0 radical (unpaired) electrons. The number of rotatable bonds is 5. The molecule has 2 amide bonds. The van der Waals surface area contributed by atoms with E-state index in [0.717, 1.165) is 0 Å². The van der Waals surface area contributed by atoms with E-state index >= 15 is 0 Å². The molecule has 1 aromatic rings. The number of carbonyl (C=O) groups is 2. The normalized spacial score (nSPS) is 10.4. The van der Waals surface area contributed by atoms with E-state index in [2.05, 4.69) is 10.6 Å². The molecule has 7 heteroatoms. The Kier molecular flexibility index (Phi) is 5.13. The van der Waals surface area contributed by atoms with Crippen LogP contribution in [-0.4, -0.2) is 29.8 Å². The summed E-state index contributed by atoms with van der Waals surface area (Å²) in [4.78, 5) is 22.6. The molecule has 0 aliphatic heterocycles. The van der Waals surface area contributed by atoms with Gasteiger partial charge in [-0.1, -0.05) is 0 Å². The van der Waals surface area contributed by atoms with Crippen molar-refractivity contribution in [3.05, 3.63) is 23.8 Å². The van der Waals surface area contributed by atoms with Crippen LogP contribution in [0.1, 0.15) is 25.8 Å². The molecule has 0 heterocycles. The molecule has 0 bridgehead atoms. The number of aliphatic carboxylic acids is 1.